The van der Waals surface area contributed by atoms with E-state index in [1.54, 1.807) is 28.9 Å². The fourth-order valence-electron chi connectivity index (χ4n) is 4.07. The van der Waals surface area contributed by atoms with Crippen LogP contribution in [-0.4, -0.2) is 38.4 Å². The first-order chi connectivity index (χ1) is 15.4. The first-order valence-electron chi connectivity index (χ1n) is 10.2. The highest BCUT2D eigenvalue weighted by molar-refractivity contribution is 7.20. The molecular weight excluding hydrogens is 428 g/mol. The van der Waals surface area contributed by atoms with Crippen LogP contribution >= 0.6 is 11.3 Å². The Morgan fingerprint density at radius 1 is 1.28 bits per heavy atom. The fourth-order valence-corrected chi connectivity index (χ4v) is 5.02. The molecule has 0 bridgehead atoms. The first kappa shape index (κ1) is 20.2. The molecule has 0 aliphatic carbocycles. The summed E-state index contributed by atoms with van der Waals surface area (Å²) in [4.78, 5) is 28.5. The number of hydrogen-bond acceptors (Lipinski definition) is 6. The van der Waals surface area contributed by atoms with Crippen LogP contribution in [0.3, 0.4) is 0 Å². The van der Waals surface area contributed by atoms with Crippen LogP contribution in [0, 0.1) is 6.92 Å². The summed E-state index contributed by atoms with van der Waals surface area (Å²) in [7, 11) is 0. The Morgan fingerprint density at radius 3 is 2.78 bits per heavy atom. The van der Waals surface area contributed by atoms with Gasteiger partial charge in [-0.15, -0.1) is 0 Å². The second kappa shape index (κ2) is 7.76. The van der Waals surface area contributed by atoms with Gasteiger partial charge in [0.15, 0.2) is 0 Å². The van der Waals surface area contributed by atoms with Gasteiger partial charge in [0.1, 0.15) is 11.6 Å². The number of rotatable bonds is 5. The van der Waals surface area contributed by atoms with E-state index >= 15 is 0 Å². The zero-order chi connectivity index (χ0) is 22.4. The number of nitrogens with zero attached hydrogens (tertiary/aromatic N) is 3. The number of carbonyl (C=O) groups excluding carboxylic acids is 1. The minimum Gasteiger partial charge on any atom is -0.494 e. The molecule has 0 fully saturated rings. The lowest BCUT2D eigenvalue weighted by atomic mass is 9.85. The minimum absolute atomic E-state index is 0.120. The van der Waals surface area contributed by atoms with Gasteiger partial charge in [0.2, 0.25) is 11.0 Å². The third-order valence-electron chi connectivity index (χ3n) is 5.50. The zero-order valence-electron chi connectivity index (χ0n) is 17.5. The number of carboxylic acids is 1. The number of fused-ring (bicyclic) bond motifs is 2. The molecule has 4 aromatic rings. The maximum absolute atomic E-state index is 12.6. The minimum atomic E-state index is -0.981. The Labute approximate surface area is 187 Å². The number of hydrogen-bond donors (Lipinski definition) is 2. The van der Waals surface area contributed by atoms with Gasteiger partial charge in [0.05, 0.1) is 28.1 Å². The van der Waals surface area contributed by atoms with E-state index in [9.17, 15) is 14.7 Å². The molecule has 2 aromatic carbocycles. The molecule has 0 saturated carbocycles. The number of aryl methyl sites for hydroxylation is 1. The van der Waals surface area contributed by atoms with E-state index in [1.807, 2.05) is 32.0 Å². The number of nitrogens with one attached hydrogen (secondary N) is 1. The SMILES string of the molecule is CCOc1ccc2nc(-n3nc(C)c4c3NC(=O)C[C@H]4c3ccc(C(=O)O)cc3)sc2c1. The van der Waals surface area contributed by atoms with Crippen molar-refractivity contribution in [3.63, 3.8) is 0 Å². The molecular formula is C23H20N4O4S. The number of carbonyl (C=O) groups is 2. The highest BCUT2D eigenvalue weighted by Gasteiger charge is 2.33. The predicted octanol–water partition coefficient (Wildman–Crippen LogP) is 4.36. The van der Waals surface area contributed by atoms with Crippen molar-refractivity contribution < 1.29 is 19.4 Å². The number of ether oxygens (including phenoxy) is 1. The van der Waals surface area contributed by atoms with Gasteiger partial charge in [0.25, 0.3) is 0 Å². The molecule has 1 aliphatic heterocycles. The summed E-state index contributed by atoms with van der Waals surface area (Å²) in [6, 6.07) is 12.4. The second-order valence-corrected chi connectivity index (χ2v) is 8.56. The Hall–Kier alpha value is -3.72. The lowest BCUT2D eigenvalue weighted by Gasteiger charge is -2.24. The Balaban J connectivity index is 1.59. The van der Waals surface area contributed by atoms with Crippen LogP contribution in [0.1, 0.15) is 46.4 Å². The number of aromatic nitrogens is 3. The molecule has 1 aliphatic rings. The van der Waals surface area contributed by atoms with Crippen LogP contribution in [0.2, 0.25) is 0 Å². The van der Waals surface area contributed by atoms with E-state index in [2.05, 4.69) is 5.32 Å². The first-order valence-corrected chi connectivity index (χ1v) is 11.0. The van der Waals surface area contributed by atoms with Gasteiger partial charge >= 0.3 is 5.97 Å². The molecule has 2 N–H and O–H groups in total. The summed E-state index contributed by atoms with van der Waals surface area (Å²) in [6.45, 7) is 4.44. The van der Waals surface area contributed by atoms with Crippen molar-refractivity contribution in [3.05, 3.63) is 64.8 Å². The van der Waals surface area contributed by atoms with E-state index in [-0.39, 0.29) is 23.8 Å². The Morgan fingerprint density at radius 2 is 2.06 bits per heavy atom. The summed E-state index contributed by atoms with van der Waals surface area (Å²) in [6.07, 6.45) is 0.267. The van der Waals surface area contributed by atoms with Crippen LogP contribution in [-0.2, 0) is 4.79 Å². The molecule has 0 unspecified atom stereocenters. The van der Waals surface area contributed by atoms with Gasteiger partial charge in [-0.2, -0.15) is 9.78 Å². The fraction of sp³-hybridized carbons (Fsp3) is 0.217. The molecule has 2 aromatic heterocycles. The summed E-state index contributed by atoms with van der Waals surface area (Å²) in [5, 5.41) is 17.5. The van der Waals surface area contributed by atoms with E-state index in [0.29, 0.717) is 17.6 Å². The quantitative estimate of drug-likeness (QED) is 0.470. The Bertz CT molecular complexity index is 1360. The topological polar surface area (TPSA) is 106 Å². The van der Waals surface area contributed by atoms with E-state index in [0.717, 1.165) is 32.8 Å². The average molecular weight is 449 g/mol. The third-order valence-corrected chi connectivity index (χ3v) is 6.50. The lowest BCUT2D eigenvalue weighted by Crippen LogP contribution is -2.25. The van der Waals surface area contributed by atoms with Crippen LogP contribution in [0.5, 0.6) is 5.75 Å². The number of thiazole rings is 1. The van der Waals surface area contributed by atoms with E-state index in [1.165, 1.54) is 11.3 Å². The second-order valence-electron chi connectivity index (χ2n) is 7.55. The molecule has 3 heterocycles. The number of aromatic carboxylic acids is 1. The lowest BCUT2D eigenvalue weighted by molar-refractivity contribution is -0.116. The van der Waals surface area contributed by atoms with Gasteiger partial charge in [-0.25, -0.2) is 9.78 Å². The van der Waals surface area contributed by atoms with Crippen molar-refractivity contribution in [3.8, 4) is 10.9 Å². The summed E-state index contributed by atoms with van der Waals surface area (Å²) in [5.41, 5.74) is 3.63. The summed E-state index contributed by atoms with van der Waals surface area (Å²) < 4.78 is 8.24. The highest BCUT2D eigenvalue weighted by atomic mass is 32.1. The number of carboxylic acid groups (broad SMARTS) is 1. The number of benzene rings is 2. The van der Waals surface area contributed by atoms with Gasteiger partial charge in [-0.1, -0.05) is 23.5 Å². The third kappa shape index (κ3) is 3.40. The van der Waals surface area contributed by atoms with Crippen molar-refractivity contribution in [2.75, 3.05) is 11.9 Å². The molecule has 9 heteroatoms. The van der Waals surface area contributed by atoms with Crippen molar-refractivity contribution >= 4 is 39.2 Å². The van der Waals surface area contributed by atoms with Gasteiger partial charge in [-0.05, 0) is 49.7 Å². The molecule has 0 saturated heterocycles. The van der Waals surface area contributed by atoms with Crippen molar-refractivity contribution in [2.24, 2.45) is 0 Å². The van der Waals surface area contributed by atoms with Crippen molar-refractivity contribution in [1.29, 1.82) is 0 Å². The maximum atomic E-state index is 12.6. The number of amides is 1. The summed E-state index contributed by atoms with van der Waals surface area (Å²) in [5.74, 6) is 0.0770. The summed E-state index contributed by atoms with van der Waals surface area (Å²) >= 11 is 1.47. The standard InChI is InChI=1S/C23H20N4O4S/c1-3-31-15-8-9-17-18(10-15)32-23(24-17)27-21-20(12(2)26-27)16(11-19(28)25-21)13-4-6-14(7-5-13)22(29)30/h4-10,16H,3,11H2,1-2H3,(H,25,28)(H,29,30)/t16-/m0/s1. The smallest absolute Gasteiger partial charge is 0.335 e. The molecule has 0 radical (unpaired) electrons. The van der Waals surface area contributed by atoms with Crippen LogP contribution in [0.4, 0.5) is 5.82 Å². The zero-order valence-corrected chi connectivity index (χ0v) is 18.3. The molecule has 5 rings (SSSR count). The van der Waals surface area contributed by atoms with Gasteiger partial charge in [-0.3, -0.25) is 4.79 Å². The van der Waals surface area contributed by atoms with Gasteiger partial charge < -0.3 is 15.2 Å². The van der Waals surface area contributed by atoms with Crippen LogP contribution in [0.15, 0.2) is 42.5 Å². The monoisotopic (exact) mass is 448 g/mol. The van der Waals surface area contributed by atoms with Crippen molar-refractivity contribution in [1.82, 2.24) is 14.8 Å². The predicted molar refractivity (Wildman–Crippen MR) is 121 cm³/mol. The average Bonchev–Trinajstić information content (AvgIpc) is 3.34. The van der Waals surface area contributed by atoms with E-state index < -0.39 is 5.97 Å². The maximum Gasteiger partial charge on any atom is 0.335 e. The van der Waals surface area contributed by atoms with Crippen LogP contribution in [0.25, 0.3) is 15.3 Å². The molecule has 0 spiro atoms. The molecule has 8 nitrogen and oxygen atoms in total. The van der Waals surface area contributed by atoms with Crippen LogP contribution < -0.4 is 10.1 Å². The van der Waals surface area contributed by atoms with E-state index in [4.69, 9.17) is 14.8 Å². The molecule has 32 heavy (non-hydrogen) atoms. The van der Waals surface area contributed by atoms with Crippen molar-refractivity contribution in [2.45, 2.75) is 26.2 Å². The molecule has 162 valence electrons. The molecule has 1 atom stereocenters. The number of anilines is 1. The molecule has 1 amide bonds. The largest absolute Gasteiger partial charge is 0.494 e. The normalized spacial score (nSPS) is 15.4. The van der Waals surface area contributed by atoms with Gasteiger partial charge in [0, 0.05) is 17.9 Å². The highest BCUT2D eigenvalue weighted by Crippen LogP contribution is 2.41. The Kier molecular flexibility index (Phi) is 4.90.